The summed E-state index contributed by atoms with van der Waals surface area (Å²) in [5.74, 6) is 0.0319. The summed E-state index contributed by atoms with van der Waals surface area (Å²) < 4.78 is 0. The minimum absolute atomic E-state index is 0.0319. The van der Waals surface area contributed by atoms with Crippen molar-refractivity contribution in [1.29, 1.82) is 0 Å². The summed E-state index contributed by atoms with van der Waals surface area (Å²) in [5.41, 5.74) is 5.04. The lowest BCUT2D eigenvalue weighted by Crippen LogP contribution is -2.48. The highest BCUT2D eigenvalue weighted by Gasteiger charge is 2.23. The molecule has 1 aliphatic rings. The van der Waals surface area contributed by atoms with E-state index in [1.54, 1.807) is 22.7 Å². The molecule has 0 unspecified atom stereocenters. The zero-order valence-corrected chi connectivity index (χ0v) is 21.1. The summed E-state index contributed by atoms with van der Waals surface area (Å²) in [5, 5.41) is 4.82. The molecule has 5 aromatic rings. The fraction of sp³-hybridized carbons (Fsp3) is 0.148. The molecule has 35 heavy (non-hydrogen) atoms. The Morgan fingerprint density at radius 3 is 2.00 bits per heavy atom. The number of halogens is 1. The van der Waals surface area contributed by atoms with Crippen molar-refractivity contribution in [2.45, 2.75) is 0 Å². The second-order valence-corrected chi connectivity index (χ2v) is 10.7. The average Bonchev–Trinajstić information content (AvgIpc) is 3.63. The molecule has 0 bridgehead atoms. The van der Waals surface area contributed by atoms with Gasteiger partial charge in [-0.1, -0.05) is 23.7 Å². The summed E-state index contributed by atoms with van der Waals surface area (Å²) in [4.78, 5) is 29.6. The fourth-order valence-electron chi connectivity index (χ4n) is 4.36. The van der Waals surface area contributed by atoms with Crippen molar-refractivity contribution in [3.63, 3.8) is 0 Å². The number of nitrogens with zero attached hydrogens (tertiary/aromatic N) is 4. The molecule has 4 heterocycles. The van der Waals surface area contributed by atoms with Crippen LogP contribution in [0.15, 0.2) is 77.5 Å². The molecule has 1 saturated heterocycles. The van der Waals surface area contributed by atoms with Crippen LogP contribution in [-0.4, -0.2) is 47.0 Å². The van der Waals surface area contributed by atoms with Gasteiger partial charge in [-0.25, -0.2) is 9.97 Å². The van der Waals surface area contributed by atoms with Gasteiger partial charge in [-0.2, -0.15) is 0 Å². The lowest BCUT2D eigenvalue weighted by molar-refractivity contribution is 0.0747. The molecule has 0 saturated carbocycles. The topological polar surface area (TPSA) is 49.3 Å². The number of carbonyl (C=O) groups is 1. The first-order valence-electron chi connectivity index (χ1n) is 11.3. The van der Waals surface area contributed by atoms with Gasteiger partial charge < -0.3 is 9.80 Å². The quantitative estimate of drug-likeness (QED) is 0.266. The highest BCUT2D eigenvalue weighted by molar-refractivity contribution is 7.14. The van der Waals surface area contributed by atoms with Crippen molar-refractivity contribution in [3.8, 4) is 21.1 Å². The third-order valence-electron chi connectivity index (χ3n) is 6.18. The van der Waals surface area contributed by atoms with Crippen LogP contribution in [0.1, 0.15) is 10.4 Å². The van der Waals surface area contributed by atoms with Gasteiger partial charge in [-0.05, 0) is 65.4 Å². The SMILES string of the molecule is O=C(c1ccc2nc(-c3cccs3)c(-c3cccs3)nc2c1)N1CCN(c2ccc(Cl)cc2)CC1. The largest absolute Gasteiger partial charge is 0.368 e. The van der Waals surface area contributed by atoms with E-state index >= 15 is 0 Å². The molecule has 1 fully saturated rings. The number of carbonyl (C=O) groups excluding carboxylic acids is 1. The first-order chi connectivity index (χ1) is 17.2. The first kappa shape index (κ1) is 22.2. The lowest BCUT2D eigenvalue weighted by Gasteiger charge is -2.36. The monoisotopic (exact) mass is 516 g/mol. The minimum atomic E-state index is 0.0319. The molecular formula is C27H21ClN4OS2. The van der Waals surface area contributed by atoms with Gasteiger partial charge in [0.1, 0.15) is 11.4 Å². The number of hydrogen-bond acceptors (Lipinski definition) is 6. The van der Waals surface area contributed by atoms with Crippen LogP contribution in [0.2, 0.25) is 5.02 Å². The standard InChI is InChI=1S/C27H21ClN4OS2/c28-19-6-8-20(9-7-19)31-11-13-32(14-12-31)27(33)18-5-10-21-22(17-18)30-26(24-4-2-16-35-24)25(29-21)23-3-1-15-34-23/h1-10,15-17H,11-14H2. The van der Waals surface area contributed by atoms with E-state index in [4.69, 9.17) is 21.6 Å². The van der Waals surface area contributed by atoms with Crippen LogP contribution in [0.5, 0.6) is 0 Å². The van der Waals surface area contributed by atoms with Gasteiger partial charge in [-0.3, -0.25) is 4.79 Å². The van der Waals surface area contributed by atoms with E-state index in [0.29, 0.717) is 18.7 Å². The van der Waals surface area contributed by atoms with Crippen LogP contribution >= 0.6 is 34.3 Å². The highest BCUT2D eigenvalue weighted by atomic mass is 35.5. The van der Waals surface area contributed by atoms with Crippen molar-refractivity contribution >= 4 is 56.9 Å². The van der Waals surface area contributed by atoms with E-state index in [9.17, 15) is 4.79 Å². The Kier molecular flexibility index (Phi) is 5.98. The molecule has 0 aliphatic carbocycles. The van der Waals surface area contributed by atoms with E-state index in [-0.39, 0.29) is 5.91 Å². The molecule has 5 nitrogen and oxygen atoms in total. The Labute approximate surface area is 216 Å². The highest BCUT2D eigenvalue weighted by Crippen LogP contribution is 2.35. The number of fused-ring (bicyclic) bond motifs is 1. The normalized spacial score (nSPS) is 14.0. The molecule has 0 radical (unpaired) electrons. The van der Waals surface area contributed by atoms with Gasteiger partial charge in [0, 0.05) is 42.5 Å². The van der Waals surface area contributed by atoms with Crippen molar-refractivity contribution in [3.05, 3.63) is 88.1 Å². The van der Waals surface area contributed by atoms with E-state index in [2.05, 4.69) is 17.0 Å². The van der Waals surface area contributed by atoms with Gasteiger partial charge in [-0.15, -0.1) is 22.7 Å². The Morgan fingerprint density at radius 2 is 1.40 bits per heavy atom. The van der Waals surface area contributed by atoms with Gasteiger partial charge >= 0.3 is 0 Å². The predicted molar refractivity (Wildman–Crippen MR) is 146 cm³/mol. The third-order valence-corrected chi connectivity index (χ3v) is 8.18. The van der Waals surface area contributed by atoms with E-state index in [1.165, 1.54) is 0 Å². The lowest BCUT2D eigenvalue weighted by atomic mass is 10.1. The number of rotatable bonds is 4. The zero-order chi connectivity index (χ0) is 23.8. The summed E-state index contributed by atoms with van der Waals surface area (Å²) in [6.45, 7) is 2.91. The third kappa shape index (κ3) is 4.43. The molecule has 3 aromatic heterocycles. The Morgan fingerprint density at radius 1 is 0.771 bits per heavy atom. The van der Waals surface area contributed by atoms with Gasteiger partial charge in [0.15, 0.2) is 0 Å². The van der Waals surface area contributed by atoms with Crippen LogP contribution in [0, 0.1) is 0 Å². The predicted octanol–water partition coefficient (Wildman–Crippen LogP) is 6.70. The molecule has 1 amide bonds. The smallest absolute Gasteiger partial charge is 0.254 e. The summed E-state index contributed by atoms with van der Waals surface area (Å²) in [6.07, 6.45) is 0. The Hall–Kier alpha value is -3.26. The molecule has 6 rings (SSSR count). The van der Waals surface area contributed by atoms with Crippen LogP contribution in [0.25, 0.3) is 32.2 Å². The average molecular weight is 517 g/mol. The number of hydrogen-bond donors (Lipinski definition) is 0. The van der Waals surface area contributed by atoms with Crippen molar-refractivity contribution in [1.82, 2.24) is 14.9 Å². The summed E-state index contributed by atoms with van der Waals surface area (Å²) in [7, 11) is 0. The maximum absolute atomic E-state index is 13.3. The van der Waals surface area contributed by atoms with Crippen molar-refractivity contribution < 1.29 is 4.79 Å². The van der Waals surface area contributed by atoms with Gasteiger partial charge in [0.25, 0.3) is 5.91 Å². The number of amides is 1. The van der Waals surface area contributed by atoms with E-state index in [0.717, 1.165) is 56.0 Å². The fourth-order valence-corrected chi connectivity index (χ4v) is 5.92. The maximum Gasteiger partial charge on any atom is 0.254 e. The minimum Gasteiger partial charge on any atom is -0.368 e. The molecule has 0 spiro atoms. The van der Waals surface area contributed by atoms with Crippen LogP contribution in [-0.2, 0) is 0 Å². The molecule has 8 heteroatoms. The molecule has 2 aromatic carbocycles. The number of piperazine rings is 1. The zero-order valence-electron chi connectivity index (χ0n) is 18.7. The van der Waals surface area contributed by atoms with Crippen molar-refractivity contribution in [2.24, 2.45) is 0 Å². The molecule has 1 aliphatic heterocycles. The second kappa shape index (κ2) is 9.41. The number of aromatic nitrogens is 2. The van der Waals surface area contributed by atoms with E-state index < -0.39 is 0 Å². The number of anilines is 1. The van der Waals surface area contributed by atoms with Gasteiger partial charge in [0.2, 0.25) is 0 Å². The summed E-state index contributed by atoms with van der Waals surface area (Å²) in [6, 6.07) is 21.7. The van der Waals surface area contributed by atoms with Crippen molar-refractivity contribution in [2.75, 3.05) is 31.1 Å². The Balaban J connectivity index is 1.27. The Bertz CT molecular complexity index is 1480. The summed E-state index contributed by atoms with van der Waals surface area (Å²) >= 11 is 9.31. The van der Waals surface area contributed by atoms with Crippen LogP contribution in [0.3, 0.4) is 0 Å². The van der Waals surface area contributed by atoms with Gasteiger partial charge in [0.05, 0.1) is 20.8 Å². The molecule has 0 atom stereocenters. The maximum atomic E-state index is 13.3. The molecule has 0 N–H and O–H groups in total. The molecule has 174 valence electrons. The molecular weight excluding hydrogens is 496 g/mol. The second-order valence-electron chi connectivity index (χ2n) is 8.33. The number of benzene rings is 2. The van der Waals surface area contributed by atoms with Crippen LogP contribution in [0.4, 0.5) is 5.69 Å². The van der Waals surface area contributed by atoms with Crippen LogP contribution < -0.4 is 4.90 Å². The number of thiophene rings is 2. The first-order valence-corrected chi connectivity index (χ1v) is 13.5. The van der Waals surface area contributed by atoms with E-state index in [1.807, 2.05) is 70.3 Å².